The zero-order valence-electron chi connectivity index (χ0n) is 12.9. The van der Waals surface area contributed by atoms with Crippen LogP contribution in [0, 0.1) is 0 Å². The van der Waals surface area contributed by atoms with Crippen molar-refractivity contribution >= 4 is 40.5 Å². The molecule has 2 aromatic rings. The maximum atomic E-state index is 12.7. The number of halogens is 1. The molecule has 0 fully saturated rings. The van der Waals surface area contributed by atoms with Gasteiger partial charge in [-0.1, -0.05) is 53.7 Å². The summed E-state index contributed by atoms with van der Waals surface area (Å²) in [6.07, 6.45) is 3.49. The average molecular weight is 359 g/mol. The number of hydrogen-bond donors (Lipinski definition) is 1. The van der Waals surface area contributed by atoms with E-state index in [2.05, 4.69) is 4.99 Å². The molecule has 0 atom stereocenters. The van der Waals surface area contributed by atoms with Crippen molar-refractivity contribution in [3.05, 3.63) is 70.4 Å². The smallest absolute Gasteiger partial charge is 0.278 e. The highest BCUT2D eigenvalue weighted by atomic mass is 35.5. The third-order valence-electron chi connectivity index (χ3n) is 3.58. The quantitative estimate of drug-likeness (QED) is 0.838. The first-order valence-corrected chi connectivity index (χ1v) is 8.87. The van der Waals surface area contributed by atoms with E-state index in [1.54, 1.807) is 47.4 Å². The van der Waals surface area contributed by atoms with Crippen molar-refractivity contribution in [3.63, 3.8) is 0 Å². The number of para-hydroxylation sites is 1. The first-order valence-electron chi connectivity index (χ1n) is 7.27. The van der Waals surface area contributed by atoms with Gasteiger partial charge in [0.1, 0.15) is 11.4 Å². The van der Waals surface area contributed by atoms with Crippen LogP contribution in [0.3, 0.4) is 0 Å². The molecule has 0 radical (unpaired) electrons. The van der Waals surface area contributed by atoms with Crippen LogP contribution in [0.2, 0.25) is 5.02 Å². The molecule has 0 saturated heterocycles. The van der Waals surface area contributed by atoms with Crippen LogP contribution < -0.4 is 0 Å². The molecule has 0 aliphatic carbocycles. The molecule has 0 aromatic heterocycles. The average Bonchev–Trinajstić information content (AvgIpc) is 2.88. The van der Waals surface area contributed by atoms with E-state index >= 15 is 0 Å². The second-order valence-corrected chi connectivity index (χ2v) is 6.41. The molecule has 1 aliphatic heterocycles. The van der Waals surface area contributed by atoms with Gasteiger partial charge in [0.15, 0.2) is 5.17 Å². The summed E-state index contributed by atoms with van der Waals surface area (Å²) in [5, 5.41) is 11.2. The van der Waals surface area contributed by atoms with E-state index in [4.69, 9.17) is 11.6 Å². The van der Waals surface area contributed by atoms with E-state index in [9.17, 15) is 9.90 Å². The second-order valence-electron chi connectivity index (χ2n) is 5.20. The summed E-state index contributed by atoms with van der Waals surface area (Å²) in [6, 6.07) is 14.2. The molecule has 6 heteroatoms. The number of hydrogen-bond acceptors (Lipinski definition) is 4. The monoisotopic (exact) mass is 358 g/mol. The topological polar surface area (TPSA) is 52.9 Å². The molecule has 1 heterocycles. The van der Waals surface area contributed by atoms with Crippen molar-refractivity contribution in [1.29, 1.82) is 0 Å². The van der Waals surface area contributed by atoms with Gasteiger partial charge in [-0.05, 0) is 36.1 Å². The first-order chi connectivity index (χ1) is 11.6. The summed E-state index contributed by atoms with van der Waals surface area (Å²) in [5.74, 6) is -0.0626. The third kappa shape index (κ3) is 3.47. The molecule has 3 rings (SSSR count). The molecule has 1 aliphatic rings. The number of nitrogens with zero attached hydrogens (tertiary/aromatic N) is 2. The Bertz CT molecular complexity index is 831. The van der Waals surface area contributed by atoms with E-state index in [1.807, 2.05) is 18.4 Å². The summed E-state index contributed by atoms with van der Waals surface area (Å²) < 4.78 is 0. The number of phenolic OH excluding ortho intramolecular Hbond substituents is 1. The van der Waals surface area contributed by atoms with Crippen molar-refractivity contribution < 1.29 is 9.90 Å². The van der Waals surface area contributed by atoms with Gasteiger partial charge < -0.3 is 5.11 Å². The summed E-state index contributed by atoms with van der Waals surface area (Å²) in [5.41, 5.74) is 1.85. The molecule has 122 valence electrons. The zero-order chi connectivity index (χ0) is 17.1. The van der Waals surface area contributed by atoms with Gasteiger partial charge in [-0.15, -0.1) is 0 Å². The molecular weight excluding hydrogens is 344 g/mol. The van der Waals surface area contributed by atoms with E-state index in [0.717, 1.165) is 5.56 Å². The van der Waals surface area contributed by atoms with Gasteiger partial charge in [-0.3, -0.25) is 9.69 Å². The Balaban J connectivity index is 1.88. The predicted molar refractivity (Wildman–Crippen MR) is 99.0 cm³/mol. The molecule has 1 amide bonds. The molecule has 0 spiro atoms. The number of phenols is 1. The van der Waals surface area contributed by atoms with Gasteiger partial charge in [0.25, 0.3) is 5.91 Å². The van der Waals surface area contributed by atoms with Crippen LogP contribution in [0.25, 0.3) is 6.08 Å². The van der Waals surface area contributed by atoms with Gasteiger partial charge in [0, 0.05) is 10.6 Å². The number of amidine groups is 1. The summed E-state index contributed by atoms with van der Waals surface area (Å²) in [4.78, 5) is 18.7. The van der Waals surface area contributed by atoms with E-state index in [-0.39, 0.29) is 11.7 Å². The number of carbonyl (C=O) groups excluding carboxylic acids is 1. The van der Waals surface area contributed by atoms with Crippen molar-refractivity contribution in [1.82, 2.24) is 4.90 Å². The van der Waals surface area contributed by atoms with Crippen molar-refractivity contribution in [3.8, 4) is 5.75 Å². The Hall–Kier alpha value is -2.24. The molecule has 0 saturated carbocycles. The molecular formula is C18H15ClN2O2S. The van der Waals surface area contributed by atoms with E-state index in [0.29, 0.717) is 28.0 Å². The minimum absolute atomic E-state index is 0.120. The summed E-state index contributed by atoms with van der Waals surface area (Å²) >= 11 is 7.31. The lowest BCUT2D eigenvalue weighted by molar-refractivity contribution is -0.122. The Morgan fingerprint density at radius 2 is 1.92 bits per heavy atom. The Kier molecular flexibility index (Phi) is 4.92. The van der Waals surface area contributed by atoms with Gasteiger partial charge >= 0.3 is 0 Å². The fraction of sp³-hybridized carbons (Fsp3) is 0.111. The third-order valence-corrected chi connectivity index (χ3v) is 4.51. The number of benzene rings is 2. The van der Waals surface area contributed by atoms with Crippen LogP contribution in [0.4, 0.5) is 0 Å². The minimum Gasteiger partial charge on any atom is -0.507 e. The van der Waals surface area contributed by atoms with E-state index in [1.165, 1.54) is 11.8 Å². The van der Waals surface area contributed by atoms with Crippen LogP contribution in [0.15, 0.2) is 59.2 Å². The fourth-order valence-corrected chi connectivity index (χ4v) is 3.04. The summed E-state index contributed by atoms with van der Waals surface area (Å²) in [6.45, 7) is 0.424. The molecule has 2 aromatic carbocycles. The maximum Gasteiger partial charge on any atom is 0.278 e. The SMILES string of the molecule is CSC1=N/C(=C/c2ccccc2O)C(=O)N1Cc1ccc(Cl)cc1. The number of rotatable bonds is 3. The van der Waals surface area contributed by atoms with Crippen LogP contribution in [-0.4, -0.2) is 27.3 Å². The maximum absolute atomic E-state index is 12.7. The lowest BCUT2D eigenvalue weighted by atomic mass is 10.1. The highest BCUT2D eigenvalue weighted by Gasteiger charge is 2.29. The highest BCUT2D eigenvalue weighted by molar-refractivity contribution is 8.13. The molecule has 1 N–H and O–H groups in total. The van der Waals surface area contributed by atoms with Crippen LogP contribution in [0.1, 0.15) is 11.1 Å². The number of aliphatic imine (C=N–C) groups is 1. The zero-order valence-corrected chi connectivity index (χ0v) is 14.5. The number of amides is 1. The van der Waals surface area contributed by atoms with Crippen LogP contribution in [-0.2, 0) is 11.3 Å². The fourth-order valence-electron chi connectivity index (χ4n) is 2.35. The van der Waals surface area contributed by atoms with Gasteiger partial charge in [0.2, 0.25) is 0 Å². The molecule has 0 bridgehead atoms. The van der Waals surface area contributed by atoms with Gasteiger partial charge in [0.05, 0.1) is 6.54 Å². The minimum atomic E-state index is -0.183. The van der Waals surface area contributed by atoms with Crippen molar-refractivity contribution in [2.75, 3.05) is 6.26 Å². The molecule has 4 nitrogen and oxygen atoms in total. The van der Waals surface area contributed by atoms with Crippen molar-refractivity contribution in [2.24, 2.45) is 4.99 Å². The normalized spacial score (nSPS) is 15.9. The highest BCUT2D eigenvalue weighted by Crippen LogP contribution is 2.27. The van der Waals surface area contributed by atoms with Gasteiger partial charge in [-0.25, -0.2) is 4.99 Å². The van der Waals surface area contributed by atoms with E-state index < -0.39 is 0 Å². The van der Waals surface area contributed by atoms with Gasteiger partial charge in [-0.2, -0.15) is 0 Å². The summed E-state index contributed by atoms with van der Waals surface area (Å²) in [7, 11) is 0. The number of aromatic hydroxyl groups is 1. The second kappa shape index (κ2) is 7.11. The number of thioether (sulfide) groups is 1. The standard InChI is InChI=1S/C18H15ClN2O2S/c1-24-18-20-15(10-13-4-2-3-5-16(13)22)17(23)21(18)11-12-6-8-14(19)9-7-12/h2-10,22H,11H2,1H3/b15-10+. The lowest BCUT2D eigenvalue weighted by Crippen LogP contribution is -2.29. The lowest BCUT2D eigenvalue weighted by Gasteiger charge is -2.16. The van der Waals surface area contributed by atoms with Crippen molar-refractivity contribution in [2.45, 2.75) is 6.54 Å². The Labute approximate surface area is 149 Å². The van der Waals surface area contributed by atoms with Crippen LogP contribution in [0.5, 0.6) is 5.75 Å². The molecule has 0 unspecified atom stereocenters. The first kappa shape index (κ1) is 16.6. The van der Waals surface area contributed by atoms with Crippen LogP contribution >= 0.6 is 23.4 Å². The number of carbonyl (C=O) groups is 1. The predicted octanol–water partition coefficient (Wildman–Crippen LogP) is 4.15. The molecule has 24 heavy (non-hydrogen) atoms. The Morgan fingerprint density at radius 1 is 1.21 bits per heavy atom. The Morgan fingerprint density at radius 3 is 2.58 bits per heavy atom. The largest absolute Gasteiger partial charge is 0.507 e.